The average molecular weight is 733 g/mol. The number of nitrogens with zero attached hydrogens (tertiary/aromatic N) is 3. The minimum atomic E-state index is 0. The van der Waals surface area contributed by atoms with Crippen LogP contribution in [-0.2, 0) is 44.4 Å². The molecule has 0 fully saturated rings. The first kappa shape index (κ1) is 31.6. The zero-order valence-corrected chi connectivity index (χ0v) is 28.6. The van der Waals surface area contributed by atoms with E-state index in [2.05, 4.69) is 138 Å². The number of hydrogen-bond acceptors (Lipinski definition) is 2. The number of aryl methyl sites for hydroxylation is 2. The Hall–Kier alpha value is -3.33. The third kappa shape index (κ3) is 6.99. The van der Waals surface area contributed by atoms with E-state index >= 15 is 0 Å². The van der Waals surface area contributed by atoms with Gasteiger partial charge in [0.15, 0.2) is 0 Å². The molecule has 1 radical (unpaired) electrons. The monoisotopic (exact) mass is 733 g/mol. The SMILES string of the molecule is CCCc1nc(-c2[c-]ccc(-c3cc(-c4ccc(C(C)(C)C)cc4)cc(-c4ccc(C(C)(C)C)cc4)c3)c2)n(C)n1.[Ir]. The molecule has 0 unspecified atom stereocenters. The summed E-state index contributed by atoms with van der Waals surface area (Å²) < 4.78 is 1.87. The number of aromatic nitrogens is 3. The molecule has 5 rings (SSSR count). The van der Waals surface area contributed by atoms with E-state index in [1.807, 2.05) is 17.8 Å². The Morgan fingerprint density at radius 1 is 0.643 bits per heavy atom. The van der Waals surface area contributed by atoms with Crippen molar-refractivity contribution >= 4 is 0 Å². The van der Waals surface area contributed by atoms with Crippen molar-refractivity contribution in [2.75, 3.05) is 0 Å². The van der Waals surface area contributed by atoms with Crippen molar-refractivity contribution in [3.63, 3.8) is 0 Å². The van der Waals surface area contributed by atoms with Gasteiger partial charge in [0.2, 0.25) is 0 Å². The number of benzene rings is 4. The summed E-state index contributed by atoms with van der Waals surface area (Å²) in [6.45, 7) is 15.7. The fourth-order valence-corrected chi connectivity index (χ4v) is 5.23. The van der Waals surface area contributed by atoms with Crippen LogP contribution in [0.1, 0.15) is 71.8 Å². The normalized spacial score (nSPS) is 11.8. The van der Waals surface area contributed by atoms with Gasteiger partial charge in [0.25, 0.3) is 0 Å². The molecule has 0 aliphatic rings. The van der Waals surface area contributed by atoms with Gasteiger partial charge in [-0.15, -0.1) is 35.4 Å². The summed E-state index contributed by atoms with van der Waals surface area (Å²) in [5, 5.41) is 4.62. The molecule has 0 atom stereocenters. The second-order valence-corrected chi connectivity index (χ2v) is 13.2. The van der Waals surface area contributed by atoms with Gasteiger partial charge in [-0.25, -0.2) is 0 Å². The fraction of sp³-hybridized carbons (Fsp3) is 0.316. The molecular formula is C38H42IrN3-. The molecule has 42 heavy (non-hydrogen) atoms. The predicted molar refractivity (Wildman–Crippen MR) is 173 cm³/mol. The van der Waals surface area contributed by atoms with Gasteiger partial charge in [0.1, 0.15) is 5.82 Å². The summed E-state index contributed by atoms with van der Waals surface area (Å²) in [7, 11) is 1.96. The summed E-state index contributed by atoms with van der Waals surface area (Å²) in [6.07, 6.45) is 1.90. The van der Waals surface area contributed by atoms with E-state index in [1.165, 1.54) is 38.9 Å². The molecule has 219 valence electrons. The summed E-state index contributed by atoms with van der Waals surface area (Å²) >= 11 is 0. The molecule has 0 aliphatic heterocycles. The molecule has 0 saturated carbocycles. The predicted octanol–water partition coefficient (Wildman–Crippen LogP) is 9.83. The minimum absolute atomic E-state index is 0. The van der Waals surface area contributed by atoms with Crippen LogP contribution in [0, 0.1) is 6.07 Å². The standard InChI is InChI=1S/C38H42N3.Ir/c1-9-11-35-39-36(41(8)40-35)29-13-10-12-28(22-29)32-24-30(26-14-18-33(19-15-26)37(2,3)4)23-31(25-32)27-16-20-34(21-17-27)38(5,6)7;/h10,12,14-25H,9,11H2,1-8H3;/q-1;. The van der Waals surface area contributed by atoms with Crippen LogP contribution >= 0.6 is 0 Å². The summed E-state index contributed by atoms with van der Waals surface area (Å²) in [5.74, 6) is 1.73. The zero-order chi connectivity index (χ0) is 29.4. The van der Waals surface area contributed by atoms with Crippen molar-refractivity contribution in [2.24, 2.45) is 7.05 Å². The van der Waals surface area contributed by atoms with E-state index in [1.54, 1.807) is 0 Å². The van der Waals surface area contributed by atoms with Gasteiger partial charge in [-0.2, -0.15) is 5.10 Å². The van der Waals surface area contributed by atoms with E-state index in [0.29, 0.717) is 0 Å². The first-order chi connectivity index (χ1) is 19.4. The van der Waals surface area contributed by atoms with Crippen LogP contribution in [0.15, 0.2) is 84.9 Å². The Bertz CT molecular complexity index is 1570. The fourth-order valence-electron chi connectivity index (χ4n) is 5.23. The van der Waals surface area contributed by atoms with Crippen molar-refractivity contribution in [3.8, 4) is 44.8 Å². The first-order valence-corrected chi connectivity index (χ1v) is 14.7. The van der Waals surface area contributed by atoms with Crippen LogP contribution in [0.5, 0.6) is 0 Å². The molecule has 0 aliphatic carbocycles. The molecular weight excluding hydrogens is 691 g/mol. The third-order valence-electron chi connectivity index (χ3n) is 7.76. The first-order valence-electron chi connectivity index (χ1n) is 14.7. The molecule has 0 spiro atoms. The van der Waals surface area contributed by atoms with Crippen molar-refractivity contribution in [3.05, 3.63) is 108 Å². The van der Waals surface area contributed by atoms with Crippen LogP contribution in [-0.4, -0.2) is 14.8 Å². The van der Waals surface area contributed by atoms with Gasteiger partial charge in [0.05, 0.1) is 5.82 Å². The Kier molecular flexibility index (Phi) is 9.40. The molecule has 4 aromatic carbocycles. The van der Waals surface area contributed by atoms with Crippen LogP contribution < -0.4 is 0 Å². The Balaban J connectivity index is 0.00000405. The third-order valence-corrected chi connectivity index (χ3v) is 7.76. The Morgan fingerprint density at radius 3 is 1.57 bits per heavy atom. The number of rotatable bonds is 6. The van der Waals surface area contributed by atoms with Crippen LogP contribution in [0.3, 0.4) is 0 Å². The molecule has 1 aromatic heterocycles. The van der Waals surface area contributed by atoms with Crippen LogP contribution in [0.2, 0.25) is 0 Å². The van der Waals surface area contributed by atoms with E-state index in [0.717, 1.165) is 35.6 Å². The van der Waals surface area contributed by atoms with Crippen LogP contribution in [0.4, 0.5) is 0 Å². The van der Waals surface area contributed by atoms with Crippen molar-refractivity contribution in [2.45, 2.75) is 72.1 Å². The van der Waals surface area contributed by atoms with Gasteiger partial charge in [-0.3, -0.25) is 9.67 Å². The molecule has 0 saturated heterocycles. The van der Waals surface area contributed by atoms with Gasteiger partial charge >= 0.3 is 0 Å². The summed E-state index contributed by atoms with van der Waals surface area (Å²) in [6, 6.07) is 34.7. The molecule has 3 nitrogen and oxygen atoms in total. The molecule has 0 amide bonds. The van der Waals surface area contributed by atoms with E-state index in [4.69, 9.17) is 4.98 Å². The molecule has 1 heterocycles. The maximum absolute atomic E-state index is 4.81. The zero-order valence-electron chi connectivity index (χ0n) is 26.2. The minimum Gasteiger partial charge on any atom is -0.289 e. The quantitative estimate of drug-likeness (QED) is 0.163. The maximum atomic E-state index is 4.81. The molecule has 0 N–H and O–H groups in total. The second kappa shape index (κ2) is 12.5. The smallest absolute Gasteiger partial charge is 0.140 e. The van der Waals surface area contributed by atoms with Crippen molar-refractivity contribution < 1.29 is 20.1 Å². The molecule has 5 aromatic rings. The maximum Gasteiger partial charge on any atom is 0.140 e. The second-order valence-electron chi connectivity index (χ2n) is 13.2. The van der Waals surface area contributed by atoms with Crippen LogP contribution in [0.25, 0.3) is 44.8 Å². The molecule has 0 bridgehead atoms. The average Bonchev–Trinajstić information content (AvgIpc) is 3.32. The van der Waals surface area contributed by atoms with E-state index in [-0.39, 0.29) is 30.9 Å². The Morgan fingerprint density at radius 2 is 1.12 bits per heavy atom. The largest absolute Gasteiger partial charge is 0.289 e. The van der Waals surface area contributed by atoms with Gasteiger partial charge in [-0.1, -0.05) is 97.0 Å². The molecule has 4 heteroatoms. The van der Waals surface area contributed by atoms with Gasteiger partial charge < -0.3 is 0 Å². The number of hydrogen-bond donors (Lipinski definition) is 0. The van der Waals surface area contributed by atoms with Gasteiger partial charge in [0, 0.05) is 33.6 Å². The summed E-state index contributed by atoms with van der Waals surface area (Å²) in [4.78, 5) is 4.81. The van der Waals surface area contributed by atoms with Crippen molar-refractivity contribution in [1.82, 2.24) is 14.8 Å². The van der Waals surface area contributed by atoms with Crippen molar-refractivity contribution in [1.29, 1.82) is 0 Å². The van der Waals surface area contributed by atoms with E-state index in [9.17, 15) is 0 Å². The van der Waals surface area contributed by atoms with Gasteiger partial charge in [-0.05, 0) is 74.4 Å². The summed E-state index contributed by atoms with van der Waals surface area (Å²) in [5.41, 5.74) is 11.0. The topological polar surface area (TPSA) is 30.7 Å². The Labute approximate surface area is 265 Å². The van der Waals surface area contributed by atoms with E-state index < -0.39 is 0 Å².